The third-order valence-corrected chi connectivity index (χ3v) is 5.84. The number of sulfone groups is 1. The number of hydrogen-bond donors (Lipinski definition) is 1. The van der Waals surface area contributed by atoms with Crippen molar-refractivity contribution in [1.29, 1.82) is 0 Å². The quantitative estimate of drug-likeness (QED) is 0.783. The van der Waals surface area contributed by atoms with Gasteiger partial charge < -0.3 is 10.6 Å². The molecule has 3 atom stereocenters. The van der Waals surface area contributed by atoms with Gasteiger partial charge in [0.2, 0.25) is 5.91 Å². The van der Waals surface area contributed by atoms with E-state index in [2.05, 4.69) is 0 Å². The molecule has 2 rings (SSSR count). The Labute approximate surface area is 109 Å². The highest BCUT2D eigenvalue weighted by Gasteiger charge is 2.42. The molecular formula is C12H22N2O3S. The van der Waals surface area contributed by atoms with Gasteiger partial charge in [0.15, 0.2) is 9.84 Å². The fraction of sp³-hybridized carbons (Fsp3) is 0.917. The number of nitrogens with two attached hydrogens (primary N) is 1. The van der Waals surface area contributed by atoms with E-state index >= 15 is 0 Å². The van der Waals surface area contributed by atoms with Gasteiger partial charge in [0.25, 0.3) is 0 Å². The molecule has 1 heterocycles. The number of hydrogen-bond acceptors (Lipinski definition) is 4. The average molecular weight is 274 g/mol. The maximum absolute atomic E-state index is 12.0. The van der Waals surface area contributed by atoms with E-state index in [9.17, 15) is 13.2 Å². The van der Waals surface area contributed by atoms with E-state index in [4.69, 9.17) is 5.73 Å². The van der Waals surface area contributed by atoms with Crippen molar-refractivity contribution in [1.82, 2.24) is 4.90 Å². The summed E-state index contributed by atoms with van der Waals surface area (Å²) in [5.41, 5.74) is 6.00. The summed E-state index contributed by atoms with van der Waals surface area (Å²) in [4.78, 5) is 13.7. The predicted octanol–water partition coefficient (Wildman–Crippen LogP) is 0.00690. The molecule has 3 unspecified atom stereocenters. The van der Waals surface area contributed by atoms with Crippen LogP contribution in [-0.2, 0) is 14.6 Å². The Morgan fingerprint density at radius 1 is 1.33 bits per heavy atom. The molecule has 0 radical (unpaired) electrons. The molecule has 1 amide bonds. The smallest absolute Gasteiger partial charge is 0.237 e. The van der Waals surface area contributed by atoms with Crippen LogP contribution in [0, 0.1) is 11.8 Å². The molecule has 0 aromatic heterocycles. The zero-order valence-corrected chi connectivity index (χ0v) is 11.7. The third kappa shape index (κ3) is 2.85. The van der Waals surface area contributed by atoms with Gasteiger partial charge in [-0.25, -0.2) is 8.42 Å². The first-order valence-electron chi connectivity index (χ1n) is 6.66. The molecule has 0 aromatic carbocycles. The van der Waals surface area contributed by atoms with Crippen LogP contribution in [-0.4, -0.2) is 49.9 Å². The van der Waals surface area contributed by atoms with Crippen molar-refractivity contribution in [2.24, 2.45) is 17.6 Å². The second-order valence-corrected chi connectivity index (χ2v) is 7.74. The summed E-state index contributed by atoms with van der Waals surface area (Å²) in [6.07, 6.45) is 2.66. The molecule has 1 saturated heterocycles. The van der Waals surface area contributed by atoms with E-state index < -0.39 is 9.84 Å². The molecule has 5 nitrogen and oxygen atoms in total. The number of nitrogens with zero attached hydrogens (tertiary/aromatic N) is 1. The Balaban J connectivity index is 1.92. The van der Waals surface area contributed by atoms with Gasteiger partial charge in [-0.1, -0.05) is 6.92 Å². The lowest BCUT2D eigenvalue weighted by molar-refractivity contribution is -0.127. The van der Waals surface area contributed by atoms with Crippen LogP contribution in [0.5, 0.6) is 0 Å². The second-order valence-electron chi connectivity index (χ2n) is 5.56. The van der Waals surface area contributed by atoms with Crippen LogP contribution in [0.3, 0.4) is 0 Å². The van der Waals surface area contributed by atoms with Gasteiger partial charge in [-0.3, -0.25) is 4.79 Å². The SMILES string of the molecule is CCCS(=O)(=O)CC(=O)N1CC2CCC(N)C2C1. The van der Waals surface area contributed by atoms with E-state index in [1.54, 1.807) is 11.8 Å². The molecule has 0 bridgehead atoms. The average Bonchev–Trinajstić information content (AvgIpc) is 2.80. The highest BCUT2D eigenvalue weighted by molar-refractivity contribution is 7.92. The number of rotatable bonds is 4. The summed E-state index contributed by atoms with van der Waals surface area (Å²) in [5, 5.41) is 0. The molecule has 1 saturated carbocycles. The summed E-state index contributed by atoms with van der Waals surface area (Å²) in [6.45, 7) is 3.15. The third-order valence-electron chi connectivity index (χ3n) is 4.12. The van der Waals surface area contributed by atoms with E-state index in [1.165, 1.54) is 0 Å². The molecule has 1 aliphatic carbocycles. The van der Waals surface area contributed by atoms with Crippen LogP contribution in [0.2, 0.25) is 0 Å². The molecule has 0 spiro atoms. The summed E-state index contributed by atoms with van der Waals surface area (Å²) >= 11 is 0. The zero-order valence-electron chi connectivity index (χ0n) is 10.8. The van der Waals surface area contributed by atoms with Crippen molar-refractivity contribution in [3.05, 3.63) is 0 Å². The number of carbonyl (C=O) groups is 1. The summed E-state index contributed by atoms with van der Waals surface area (Å²) in [6, 6.07) is 0.181. The Morgan fingerprint density at radius 3 is 2.67 bits per heavy atom. The largest absolute Gasteiger partial charge is 0.341 e. The van der Waals surface area contributed by atoms with E-state index in [0.29, 0.717) is 31.3 Å². The molecular weight excluding hydrogens is 252 g/mol. The number of fused-ring (bicyclic) bond motifs is 1. The highest BCUT2D eigenvalue weighted by atomic mass is 32.2. The minimum absolute atomic E-state index is 0.0962. The van der Waals surface area contributed by atoms with Crippen molar-refractivity contribution in [3.63, 3.8) is 0 Å². The van der Waals surface area contributed by atoms with Gasteiger partial charge in [-0.05, 0) is 31.1 Å². The van der Waals surface area contributed by atoms with Crippen LogP contribution in [0.4, 0.5) is 0 Å². The summed E-state index contributed by atoms with van der Waals surface area (Å²) in [7, 11) is -3.23. The first-order valence-corrected chi connectivity index (χ1v) is 8.49. The van der Waals surface area contributed by atoms with Gasteiger partial charge in [0, 0.05) is 19.1 Å². The van der Waals surface area contributed by atoms with Crippen LogP contribution in [0.1, 0.15) is 26.2 Å². The lowest BCUT2D eigenvalue weighted by Gasteiger charge is -2.18. The lowest BCUT2D eigenvalue weighted by atomic mass is 9.98. The Hall–Kier alpha value is -0.620. The second kappa shape index (κ2) is 5.17. The number of likely N-dealkylation sites (tertiary alicyclic amines) is 1. The molecule has 6 heteroatoms. The normalized spacial score (nSPS) is 31.7. The van der Waals surface area contributed by atoms with Gasteiger partial charge in [0.1, 0.15) is 5.75 Å². The molecule has 2 aliphatic rings. The van der Waals surface area contributed by atoms with Crippen molar-refractivity contribution in [2.75, 3.05) is 24.6 Å². The molecule has 2 fully saturated rings. The van der Waals surface area contributed by atoms with Crippen molar-refractivity contribution in [2.45, 2.75) is 32.2 Å². The van der Waals surface area contributed by atoms with Gasteiger partial charge >= 0.3 is 0 Å². The van der Waals surface area contributed by atoms with E-state index in [0.717, 1.165) is 12.8 Å². The molecule has 0 aromatic rings. The number of amides is 1. The first-order chi connectivity index (χ1) is 8.43. The van der Waals surface area contributed by atoms with Crippen LogP contribution in [0.15, 0.2) is 0 Å². The highest BCUT2D eigenvalue weighted by Crippen LogP contribution is 2.37. The van der Waals surface area contributed by atoms with Gasteiger partial charge in [-0.2, -0.15) is 0 Å². The fourth-order valence-corrected chi connectivity index (χ4v) is 4.50. The van der Waals surface area contributed by atoms with Crippen molar-refractivity contribution >= 4 is 15.7 Å². The van der Waals surface area contributed by atoms with Crippen LogP contribution in [0.25, 0.3) is 0 Å². The molecule has 1 aliphatic heterocycles. The molecule has 104 valence electrons. The van der Waals surface area contributed by atoms with Gasteiger partial charge in [-0.15, -0.1) is 0 Å². The maximum atomic E-state index is 12.0. The minimum atomic E-state index is -3.23. The van der Waals surface area contributed by atoms with Crippen molar-refractivity contribution < 1.29 is 13.2 Å². The standard InChI is InChI=1S/C12H22N2O3S/c1-2-5-18(16,17)8-12(15)14-6-9-3-4-11(13)10(9)7-14/h9-11H,2-8,13H2,1H3. The minimum Gasteiger partial charge on any atom is -0.341 e. The Bertz CT molecular complexity index is 421. The topological polar surface area (TPSA) is 80.5 Å². The molecule has 18 heavy (non-hydrogen) atoms. The Kier molecular flexibility index (Phi) is 3.96. The van der Waals surface area contributed by atoms with Crippen LogP contribution >= 0.6 is 0 Å². The fourth-order valence-electron chi connectivity index (χ4n) is 3.17. The lowest BCUT2D eigenvalue weighted by Crippen LogP contribution is -2.37. The summed E-state index contributed by atoms with van der Waals surface area (Å²) < 4.78 is 23.3. The maximum Gasteiger partial charge on any atom is 0.237 e. The van der Waals surface area contributed by atoms with E-state index in [-0.39, 0.29) is 23.5 Å². The number of carbonyl (C=O) groups excluding carboxylic acids is 1. The first kappa shape index (κ1) is 13.8. The monoisotopic (exact) mass is 274 g/mol. The Morgan fingerprint density at radius 2 is 2.06 bits per heavy atom. The van der Waals surface area contributed by atoms with E-state index in [1.807, 2.05) is 0 Å². The molecule has 2 N–H and O–H groups in total. The van der Waals surface area contributed by atoms with Gasteiger partial charge in [0.05, 0.1) is 5.75 Å². The van der Waals surface area contributed by atoms with Crippen LogP contribution < -0.4 is 5.73 Å². The summed E-state index contributed by atoms with van der Waals surface area (Å²) in [5.74, 6) is 0.375. The van der Waals surface area contributed by atoms with Crippen molar-refractivity contribution in [3.8, 4) is 0 Å². The zero-order chi connectivity index (χ0) is 13.3. The predicted molar refractivity (Wildman–Crippen MR) is 69.7 cm³/mol.